The maximum absolute atomic E-state index is 12.3. The highest BCUT2D eigenvalue weighted by molar-refractivity contribution is 7.89. The van der Waals surface area contributed by atoms with Gasteiger partial charge in [-0.3, -0.25) is 4.68 Å². The normalized spacial score (nSPS) is 11.9. The van der Waals surface area contributed by atoms with E-state index in [1.165, 1.54) is 0 Å². The standard InChI is InChI=1S/C12H17N3O2S2/c1-9-12(10(2)15(3)14-9)19(16,17)13-6-4-11-5-7-18-8-11/h5,7-8,13H,4,6H2,1-3H3. The number of nitrogens with zero attached hydrogens (tertiary/aromatic N) is 2. The molecule has 0 spiro atoms. The van der Waals surface area contributed by atoms with Crippen molar-refractivity contribution in [1.82, 2.24) is 14.5 Å². The third-order valence-corrected chi connectivity index (χ3v) is 5.44. The Morgan fingerprint density at radius 2 is 2.16 bits per heavy atom. The van der Waals surface area contributed by atoms with Gasteiger partial charge in [0.25, 0.3) is 0 Å². The molecule has 2 rings (SSSR count). The van der Waals surface area contributed by atoms with E-state index in [0.717, 1.165) is 5.56 Å². The van der Waals surface area contributed by atoms with Crippen LogP contribution >= 0.6 is 11.3 Å². The zero-order valence-corrected chi connectivity index (χ0v) is 12.8. The zero-order chi connectivity index (χ0) is 14.0. The summed E-state index contributed by atoms with van der Waals surface area (Å²) in [6.07, 6.45) is 0.696. The second kappa shape index (κ2) is 5.44. The van der Waals surface area contributed by atoms with Crippen molar-refractivity contribution >= 4 is 21.4 Å². The topological polar surface area (TPSA) is 64.0 Å². The minimum absolute atomic E-state index is 0.292. The monoisotopic (exact) mass is 299 g/mol. The molecule has 0 fully saturated rings. The smallest absolute Gasteiger partial charge is 0.244 e. The molecule has 0 aliphatic heterocycles. The van der Waals surface area contributed by atoms with Crippen molar-refractivity contribution in [3.63, 3.8) is 0 Å². The number of aryl methyl sites for hydroxylation is 2. The van der Waals surface area contributed by atoms with Crippen molar-refractivity contribution in [2.75, 3.05) is 6.54 Å². The highest BCUT2D eigenvalue weighted by Crippen LogP contribution is 2.18. The number of hydrogen-bond acceptors (Lipinski definition) is 4. The summed E-state index contributed by atoms with van der Waals surface area (Å²) in [4.78, 5) is 0.292. The van der Waals surface area contributed by atoms with Crippen molar-refractivity contribution < 1.29 is 8.42 Å². The second-order valence-corrected chi connectivity index (χ2v) is 6.89. The van der Waals surface area contributed by atoms with Crippen LogP contribution in [0.15, 0.2) is 21.7 Å². The maximum Gasteiger partial charge on any atom is 0.244 e. The fraction of sp³-hybridized carbons (Fsp3) is 0.417. The number of nitrogens with one attached hydrogen (secondary N) is 1. The van der Waals surface area contributed by atoms with E-state index in [0.29, 0.717) is 29.2 Å². The predicted molar refractivity (Wildman–Crippen MR) is 75.9 cm³/mol. The molecule has 0 atom stereocenters. The van der Waals surface area contributed by atoms with E-state index in [1.807, 2.05) is 16.8 Å². The third-order valence-electron chi connectivity index (χ3n) is 3.00. The van der Waals surface area contributed by atoms with E-state index in [9.17, 15) is 8.42 Å². The Morgan fingerprint density at radius 1 is 1.42 bits per heavy atom. The van der Waals surface area contributed by atoms with E-state index < -0.39 is 10.0 Å². The average Bonchev–Trinajstić information content (AvgIpc) is 2.88. The SMILES string of the molecule is Cc1nn(C)c(C)c1S(=O)(=O)NCCc1ccsc1. The molecular formula is C12H17N3O2S2. The van der Waals surface area contributed by atoms with Gasteiger partial charge in [0.2, 0.25) is 10.0 Å². The van der Waals surface area contributed by atoms with Gasteiger partial charge in [0, 0.05) is 13.6 Å². The largest absolute Gasteiger partial charge is 0.271 e. The van der Waals surface area contributed by atoms with Crippen LogP contribution in [-0.2, 0) is 23.5 Å². The van der Waals surface area contributed by atoms with Crippen LogP contribution in [0.25, 0.3) is 0 Å². The van der Waals surface area contributed by atoms with Crippen LogP contribution in [0.3, 0.4) is 0 Å². The summed E-state index contributed by atoms with van der Waals surface area (Å²) < 4.78 is 28.7. The number of rotatable bonds is 5. The van der Waals surface area contributed by atoms with Crippen LogP contribution in [0.4, 0.5) is 0 Å². The molecule has 5 nitrogen and oxygen atoms in total. The van der Waals surface area contributed by atoms with E-state index in [4.69, 9.17) is 0 Å². The van der Waals surface area contributed by atoms with Crippen molar-refractivity contribution in [2.24, 2.45) is 7.05 Å². The summed E-state index contributed by atoms with van der Waals surface area (Å²) in [5, 5.41) is 8.14. The van der Waals surface area contributed by atoms with Crippen molar-refractivity contribution in [1.29, 1.82) is 0 Å². The van der Waals surface area contributed by atoms with Gasteiger partial charge in [0.15, 0.2) is 0 Å². The summed E-state index contributed by atoms with van der Waals surface area (Å²) >= 11 is 1.61. The highest BCUT2D eigenvalue weighted by atomic mass is 32.2. The summed E-state index contributed by atoms with van der Waals surface area (Å²) in [6.45, 7) is 3.86. The molecule has 0 bridgehead atoms. The lowest BCUT2D eigenvalue weighted by molar-refractivity contribution is 0.580. The molecule has 0 aliphatic carbocycles. The minimum atomic E-state index is -3.48. The molecule has 2 heterocycles. The van der Waals surface area contributed by atoms with Crippen molar-refractivity contribution in [2.45, 2.75) is 25.2 Å². The van der Waals surface area contributed by atoms with Crippen LogP contribution in [0.5, 0.6) is 0 Å². The molecule has 0 aromatic carbocycles. The van der Waals surface area contributed by atoms with E-state index in [2.05, 4.69) is 9.82 Å². The molecule has 0 saturated carbocycles. The Kier molecular flexibility index (Phi) is 4.07. The molecule has 2 aromatic rings. The summed E-state index contributed by atoms with van der Waals surface area (Å²) in [5.74, 6) is 0. The number of sulfonamides is 1. The van der Waals surface area contributed by atoms with Crippen molar-refractivity contribution in [3.8, 4) is 0 Å². The quantitative estimate of drug-likeness (QED) is 0.912. The van der Waals surface area contributed by atoms with Gasteiger partial charge in [-0.2, -0.15) is 16.4 Å². The Morgan fingerprint density at radius 3 is 2.68 bits per heavy atom. The van der Waals surface area contributed by atoms with Gasteiger partial charge in [-0.15, -0.1) is 0 Å². The number of hydrogen-bond donors (Lipinski definition) is 1. The Hall–Kier alpha value is -1.18. The fourth-order valence-electron chi connectivity index (χ4n) is 1.98. The third kappa shape index (κ3) is 3.05. The molecule has 19 heavy (non-hydrogen) atoms. The average molecular weight is 299 g/mol. The highest BCUT2D eigenvalue weighted by Gasteiger charge is 2.23. The van der Waals surface area contributed by atoms with E-state index >= 15 is 0 Å². The Bertz CT molecular complexity index is 657. The van der Waals surface area contributed by atoms with Crippen LogP contribution < -0.4 is 4.72 Å². The first kappa shape index (κ1) is 14.2. The molecule has 7 heteroatoms. The molecule has 2 aromatic heterocycles. The molecule has 1 N–H and O–H groups in total. The summed E-state index contributed by atoms with van der Waals surface area (Å²) in [5.41, 5.74) is 2.33. The maximum atomic E-state index is 12.3. The van der Waals surface area contributed by atoms with Crippen LogP contribution in [0.2, 0.25) is 0 Å². The number of aromatic nitrogens is 2. The lowest BCUT2D eigenvalue weighted by Crippen LogP contribution is -2.26. The fourth-order valence-corrected chi connectivity index (χ4v) is 4.15. The molecule has 0 amide bonds. The predicted octanol–water partition coefficient (Wildman–Crippen LogP) is 1.62. The lowest BCUT2D eigenvalue weighted by Gasteiger charge is -2.06. The molecule has 104 valence electrons. The molecule has 0 aliphatic rings. The Balaban J connectivity index is 2.10. The van der Waals surface area contributed by atoms with E-state index in [-0.39, 0.29) is 0 Å². The van der Waals surface area contributed by atoms with Crippen LogP contribution in [0, 0.1) is 13.8 Å². The first-order valence-corrected chi connectivity index (χ1v) is 8.35. The summed E-state index contributed by atoms with van der Waals surface area (Å²) in [7, 11) is -1.74. The van der Waals surface area contributed by atoms with Gasteiger partial charge in [0.1, 0.15) is 4.90 Å². The first-order valence-electron chi connectivity index (χ1n) is 5.93. The molecular weight excluding hydrogens is 282 g/mol. The van der Waals surface area contributed by atoms with Gasteiger partial charge in [0.05, 0.1) is 11.4 Å². The molecule has 0 radical (unpaired) electrons. The van der Waals surface area contributed by atoms with Gasteiger partial charge in [-0.25, -0.2) is 13.1 Å². The lowest BCUT2D eigenvalue weighted by atomic mass is 10.2. The van der Waals surface area contributed by atoms with Crippen LogP contribution in [-0.4, -0.2) is 24.7 Å². The zero-order valence-electron chi connectivity index (χ0n) is 11.2. The van der Waals surface area contributed by atoms with Gasteiger partial charge in [-0.1, -0.05) is 0 Å². The molecule has 0 unspecified atom stereocenters. The number of thiophene rings is 1. The van der Waals surface area contributed by atoms with Gasteiger partial charge in [-0.05, 0) is 42.7 Å². The first-order chi connectivity index (χ1) is 8.92. The van der Waals surface area contributed by atoms with E-state index in [1.54, 1.807) is 36.9 Å². The molecule has 0 saturated heterocycles. The van der Waals surface area contributed by atoms with Gasteiger partial charge >= 0.3 is 0 Å². The van der Waals surface area contributed by atoms with Gasteiger partial charge < -0.3 is 0 Å². The second-order valence-electron chi connectivity index (χ2n) is 4.40. The van der Waals surface area contributed by atoms with Crippen molar-refractivity contribution in [3.05, 3.63) is 33.8 Å². The summed E-state index contributed by atoms with van der Waals surface area (Å²) in [6, 6.07) is 2.00. The Labute approximate surface area is 117 Å². The minimum Gasteiger partial charge on any atom is -0.271 e. The van der Waals surface area contributed by atoms with Crippen LogP contribution in [0.1, 0.15) is 17.0 Å².